The average Bonchev–Trinajstić information content (AvgIpc) is 2.75. The van der Waals surface area contributed by atoms with Gasteiger partial charge in [-0.1, -0.05) is 0 Å². The van der Waals surface area contributed by atoms with Crippen molar-refractivity contribution in [2.45, 2.75) is 13.3 Å². The predicted octanol–water partition coefficient (Wildman–Crippen LogP) is 2.40. The van der Waals surface area contributed by atoms with Crippen LogP contribution in [0, 0.1) is 0 Å². The molecular formula is C11H11NO2. The smallest absolute Gasteiger partial charge is 0.194 e. The minimum absolute atomic E-state index is 0.0391. The Hall–Kier alpha value is -1.77. The minimum Gasteiger partial charge on any atom is -0.458 e. The first-order valence-corrected chi connectivity index (χ1v) is 4.47. The van der Waals surface area contributed by atoms with Gasteiger partial charge in [0.15, 0.2) is 11.5 Å². The number of Topliss-reactive ketones (excluding diaryl/α,β-unsaturated/α-hetero) is 1. The van der Waals surface area contributed by atoms with Crippen molar-refractivity contribution in [2.24, 2.45) is 0 Å². The van der Waals surface area contributed by atoms with Crippen LogP contribution in [0.25, 0.3) is 0 Å². The highest BCUT2D eigenvalue weighted by Crippen LogP contribution is 2.12. The van der Waals surface area contributed by atoms with Crippen LogP contribution in [0.1, 0.15) is 28.9 Å². The summed E-state index contributed by atoms with van der Waals surface area (Å²) in [5.74, 6) is 1.19. The van der Waals surface area contributed by atoms with E-state index in [1.54, 1.807) is 6.07 Å². The maximum absolute atomic E-state index is 11.0. The molecular weight excluding hydrogens is 178 g/mol. The molecule has 2 aromatic heterocycles. The van der Waals surface area contributed by atoms with E-state index >= 15 is 0 Å². The van der Waals surface area contributed by atoms with Crippen LogP contribution < -0.4 is 0 Å². The molecule has 0 aromatic carbocycles. The number of nitrogens with one attached hydrogen (secondary N) is 1. The number of rotatable bonds is 3. The average molecular weight is 189 g/mol. The third-order valence-electron chi connectivity index (χ3n) is 2.04. The number of ketones is 1. The summed E-state index contributed by atoms with van der Waals surface area (Å²) in [5, 5.41) is 0. The summed E-state index contributed by atoms with van der Waals surface area (Å²) in [6.07, 6.45) is 2.56. The largest absolute Gasteiger partial charge is 0.458 e. The molecule has 0 saturated carbocycles. The summed E-state index contributed by atoms with van der Waals surface area (Å²) in [6, 6.07) is 7.46. The lowest BCUT2D eigenvalue weighted by atomic mass is 10.2. The maximum atomic E-state index is 11.0. The van der Waals surface area contributed by atoms with Crippen molar-refractivity contribution < 1.29 is 9.21 Å². The molecule has 0 fully saturated rings. The van der Waals surface area contributed by atoms with E-state index in [1.165, 1.54) is 6.92 Å². The molecule has 3 heteroatoms. The number of carbonyl (C=O) groups excluding carboxylic acids is 1. The molecule has 0 spiro atoms. The zero-order valence-corrected chi connectivity index (χ0v) is 7.91. The second-order valence-electron chi connectivity index (χ2n) is 3.19. The van der Waals surface area contributed by atoms with Crippen LogP contribution in [0.15, 0.2) is 34.9 Å². The molecule has 2 rings (SSSR count). The molecule has 0 unspecified atom stereocenters. The first kappa shape index (κ1) is 8.81. The van der Waals surface area contributed by atoms with E-state index in [1.807, 2.05) is 24.4 Å². The number of aromatic nitrogens is 1. The summed E-state index contributed by atoms with van der Waals surface area (Å²) in [5.41, 5.74) is 1.08. The van der Waals surface area contributed by atoms with Crippen LogP contribution in [-0.2, 0) is 6.42 Å². The summed E-state index contributed by atoms with van der Waals surface area (Å²) in [4.78, 5) is 14.0. The van der Waals surface area contributed by atoms with Crippen molar-refractivity contribution in [3.05, 3.63) is 47.7 Å². The first-order valence-electron chi connectivity index (χ1n) is 4.47. The lowest BCUT2D eigenvalue weighted by Gasteiger charge is -1.93. The van der Waals surface area contributed by atoms with Crippen LogP contribution in [0.5, 0.6) is 0 Å². The highest BCUT2D eigenvalue weighted by Gasteiger charge is 2.06. The highest BCUT2D eigenvalue weighted by molar-refractivity contribution is 5.91. The summed E-state index contributed by atoms with van der Waals surface area (Å²) >= 11 is 0. The van der Waals surface area contributed by atoms with Gasteiger partial charge in [-0.05, 0) is 24.3 Å². The molecule has 0 aliphatic heterocycles. The van der Waals surface area contributed by atoms with Crippen LogP contribution >= 0.6 is 0 Å². The van der Waals surface area contributed by atoms with Gasteiger partial charge in [0.2, 0.25) is 0 Å². The topological polar surface area (TPSA) is 46.0 Å². The number of hydrogen-bond donors (Lipinski definition) is 1. The summed E-state index contributed by atoms with van der Waals surface area (Å²) in [7, 11) is 0. The number of furan rings is 1. The molecule has 0 saturated heterocycles. The van der Waals surface area contributed by atoms with Gasteiger partial charge in [0, 0.05) is 25.2 Å². The zero-order valence-electron chi connectivity index (χ0n) is 7.91. The molecule has 0 aliphatic carbocycles. The van der Waals surface area contributed by atoms with E-state index in [-0.39, 0.29) is 5.78 Å². The second-order valence-corrected chi connectivity index (χ2v) is 3.19. The number of carbonyl (C=O) groups is 1. The Morgan fingerprint density at radius 2 is 2.29 bits per heavy atom. The van der Waals surface area contributed by atoms with Gasteiger partial charge in [0.1, 0.15) is 5.76 Å². The lowest BCUT2D eigenvalue weighted by molar-refractivity contribution is 0.0985. The molecule has 1 N–H and O–H groups in total. The van der Waals surface area contributed by atoms with E-state index < -0.39 is 0 Å². The Morgan fingerprint density at radius 1 is 1.43 bits per heavy atom. The molecule has 14 heavy (non-hydrogen) atoms. The standard InChI is InChI=1S/C11H11NO2/c1-8(13)11-5-4-10(14-11)7-9-3-2-6-12-9/h2-6,12H,7H2,1H3. The third kappa shape index (κ3) is 1.76. The molecule has 3 nitrogen and oxygen atoms in total. The van der Waals surface area contributed by atoms with Gasteiger partial charge in [-0.25, -0.2) is 0 Å². The van der Waals surface area contributed by atoms with Gasteiger partial charge < -0.3 is 9.40 Å². The molecule has 0 amide bonds. The Labute approximate surface area is 81.7 Å². The molecule has 2 aromatic rings. The van der Waals surface area contributed by atoms with E-state index in [9.17, 15) is 4.79 Å². The predicted molar refractivity (Wildman–Crippen MR) is 52.3 cm³/mol. The molecule has 2 heterocycles. The van der Waals surface area contributed by atoms with Gasteiger partial charge in [0.25, 0.3) is 0 Å². The van der Waals surface area contributed by atoms with E-state index in [4.69, 9.17) is 4.42 Å². The van der Waals surface area contributed by atoms with Crippen molar-refractivity contribution in [3.8, 4) is 0 Å². The second kappa shape index (κ2) is 3.54. The quantitative estimate of drug-likeness (QED) is 0.753. The lowest BCUT2D eigenvalue weighted by Crippen LogP contribution is -1.88. The van der Waals surface area contributed by atoms with Crippen LogP contribution in [0.2, 0.25) is 0 Å². The van der Waals surface area contributed by atoms with Gasteiger partial charge in [-0.3, -0.25) is 4.79 Å². The Balaban J connectivity index is 2.14. The van der Waals surface area contributed by atoms with Crippen molar-refractivity contribution >= 4 is 5.78 Å². The van der Waals surface area contributed by atoms with Crippen molar-refractivity contribution in [1.82, 2.24) is 4.98 Å². The van der Waals surface area contributed by atoms with E-state index in [0.717, 1.165) is 11.5 Å². The fourth-order valence-electron chi connectivity index (χ4n) is 1.33. The van der Waals surface area contributed by atoms with Gasteiger partial charge in [-0.15, -0.1) is 0 Å². The van der Waals surface area contributed by atoms with E-state index in [2.05, 4.69) is 4.98 Å². The zero-order chi connectivity index (χ0) is 9.97. The minimum atomic E-state index is -0.0391. The number of aromatic amines is 1. The molecule has 0 bridgehead atoms. The molecule has 0 radical (unpaired) electrons. The third-order valence-corrected chi connectivity index (χ3v) is 2.04. The van der Waals surface area contributed by atoms with Gasteiger partial charge >= 0.3 is 0 Å². The molecule has 0 atom stereocenters. The van der Waals surface area contributed by atoms with Gasteiger partial charge in [0.05, 0.1) is 0 Å². The number of H-pyrrole nitrogens is 1. The summed E-state index contributed by atoms with van der Waals surface area (Å²) in [6.45, 7) is 1.50. The fourth-order valence-corrected chi connectivity index (χ4v) is 1.33. The van der Waals surface area contributed by atoms with Crippen molar-refractivity contribution in [3.63, 3.8) is 0 Å². The number of hydrogen-bond acceptors (Lipinski definition) is 2. The molecule has 72 valence electrons. The van der Waals surface area contributed by atoms with Crippen LogP contribution in [-0.4, -0.2) is 10.8 Å². The Morgan fingerprint density at radius 3 is 2.86 bits per heavy atom. The Kier molecular flexibility index (Phi) is 2.23. The molecule has 0 aliphatic rings. The fraction of sp³-hybridized carbons (Fsp3) is 0.182. The van der Waals surface area contributed by atoms with Crippen molar-refractivity contribution in [2.75, 3.05) is 0 Å². The highest BCUT2D eigenvalue weighted by atomic mass is 16.3. The van der Waals surface area contributed by atoms with E-state index in [0.29, 0.717) is 12.2 Å². The van der Waals surface area contributed by atoms with Gasteiger partial charge in [-0.2, -0.15) is 0 Å². The monoisotopic (exact) mass is 189 g/mol. The van der Waals surface area contributed by atoms with Crippen LogP contribution in [0.4, 0.5) is 0 Å². The summed E-state index contributed by atoms with van der Waals surface area (Å²) < 4.78 is 5.35. The first-order chi connectivity index (χ1) is 6.75. The SMILES string of the molecule is CC(=O)c1ccc(Cc2ccc[nH]2)o1. The van der Waals surface area contributed by atoms with Crippen molar-refractivity contribution in [1.29, 1.82) is 0 Å². The normalized spacial score (nSPS) is 10.4. The van der Waals surface area contributed by atoms with Crippen LogP contribution in [0.3, 0.4) is 0 Å². The Bertz CT molecular complexity index is 426. The maximum Gasteiger partial charge on any atom is 0.194 e.